The van der Waals surface area contributed by atoms with Crippen molar-refractivity contribution in [1.29, 1.82) is 0 Å². The van der Waals surface area contributed by atoms with Gasteiger partial charge in [0.15, 0.2) is 0 Å². The van der Waals surface area contributed by atoms with Crippen LogP contribution in [0.15, 0.2) is 24.3 Å². The first-order valence-electron chi connectivity index (χ1n) is 5.45. The molecule has 1 saturated heterocycles. The van der Waals surface area contributed by atoms with E-state index in [2.05, 4.69) is 0 Å². The summed E-state index contributed by atoms with van der Waals surface area (Å²) in [6, 6.07) is 7.22. The lowest BCUT2D eigenvalue weighted by Crippen LogP contribution is -2.29. The van der Waals surface area contributed by atoms with Gasteiger partial charge in [-0.15, -0.1) is 0 Å². The molecule has 1 amide bonds. The predicted molar refractivity (Wildman–Crippen MR) is 60.9 cm³/mol. The summed E-state index contributed by atoms with van der Waals surface area (Å²) in [5, 5.41) is 10.1. The van der Waals surface area contributed by atoms with Crippen molar-refractivity contribution in [2.75, 3.05) is 26.8 Å². The van der Waals surface area contributed by atoms with Gasteiger partial charge >= 0.3 is 6.09 Å². The molecule has 1 unspecified atom stereocenters. The van der Waals surface area contributed by atoms with Gasteiger partial charge in [0.2, 0.25) is 0 Å². The molecule has 1 fully saturated rings. The van der Waals surface area contributed by atoms with E-state index in [9.17, 15) is 9.90 Å². The molecule has 1 aliphatic heterocycles. The molecule has 92 valence electrons. The minimum Gasteiger partial charge on any atom is -0.496 e. The van der Waals surface area contributed by atoms with Crippen molar-refractivity contribution in [2.45, 2.75) is 6.10 Å². The summed E-state index contributed by atoms with van der Waals surface area (Å²) in [7, 11) is 1.55. The lowest BCUT2D eigenvalue weighted by Gasteiger charge is -2.19. The van der Waals surface area contributed by atoms with Gasteiger partial charge in [0.1, 0.15) is 18.5 Å². The molecule has 1 atom stereocenters. The Morgan fingerprint density at radius 1 is 1.53 bits per heavy atom. The van der Waals surface area contributed by atoms with E-state index in [0.717, 1.165) is 0 Å². The quantitative estimate of drug-likeness (QED) is 0.854. The zero-order valence-corrected chi connectivity index (χ0v) is 9.63. The van der Waals surface area contributed by atoms with Crippen LogP contribution in [-0.4, -0.2) is 42.9 Å². The van der Waals surface area contributed by atoms with E-state index < -0.39 is 6.10 Å². The molecule has 0 spiro atoms. The number of ether oxygens (including phenoxy) is 2. The molecule has 5 nitrogen and oxygen atoms in total. The van der Waals surface area contributed by atoms with Crippen molar-refractivity contribution in [1.82, 2.24) is 4.90 Å². The number of rotatable bonds is 4. The first-order valence-corrected chi connectivity index (χ1v) is 5.45. The second-order valence-corrected chi connectivity index (χ2v) is 3.82. The molecule has 0 bridgehead atoms. The van der Waals surface area contributed by atoms with Crippen molar-refractivity contribution in [3.05, 3.63) is 29.8 Å². The molecule has 0 saturated carbocycles. The number of aliphatic hydroxyl groups is 1. The third kappa shape index (κ3) is 2.50. The Labute approximate surface area is 99.6 Å². The van der Waals surface area contributed by atoms with Crippen LogP contribution in [0.4, 0.5) is 4.79 Å². The number of para-hydroxylation sites is 1. The summed E-state index contributed by atoms with van der Waals surface area (Å²) < 4.78 is 9.97. The Hall–Kier alpha value is -1.75. The largest absolute Gasteiger partial charge is 0.496 e. The van der Waals surface area contributed by atoms with Crippen molar-refractivity contribution in [3.8, 4) is 5.75 Å². The molecule has 1 aromatic rings. The standard InChI is InChI=1S/C12H15NO4/c1-16-11-5-3-2-4-9(11)10(14)8-13-6-7-17-12(13)15/h2-5,10,14H,6-8H2,1H3. The second kappa shape index (κ2) is 5.05. The molecule has 1 heterocycles. The number of hydrogen-bond acceptors (Lipinski definition) is 4. The van der Waals surface area contributed by atoms with E-state index in [0.29, 0.717) is 24.5 Å². The Morgan fingerprint density at radius 2 is 2.29 bits per heavy atom. The highest BCUT2D eigenvalue weighted by Gasteiger charge is 2.25. The molecule has 1 N–H and O–H groups in total. The van der Waals surface area contributed by atoms with Crippen molar-refractivity contribution in [2.24, 2.45) is 0 Å². The van der Waals surface area contributed by atoms with Gasteiger partial charge in [0.05, 0.1) is 20.2 Å². The minimum absolute atomic E-state index is 0.221. The maximum atomic E-state index is 11.3. The van der Waals surface area contributed by atoms with Crippen LogP contribution >= 0.6 is 0 Å². The lowest BCUT2D eigenvalue weighted by molar-refractivity contribution is 0.117. The van der Waals surface area contributed by atoms with E-state index in [-0.39, 0.29) is 12.6 Å². The lowest BCUT2D eigenvalue weighted by atomic mass is 10.1. The highest BCUT2D eigenvalue weighted by atomic mass is 16.6. The molecule has 1 aromatic carbocycles. The first-order chi connectivity index (χ1) is 8.22. The third-order valence-corrected chi connectivity index (χ3v) is 2.74. The number of methoxy groups -OCH3 is 1. The Kier molecular flexibility index (Phi) is 3.49. The number of β-amino-alcohol motifs (C(OH)–C–C–N with tert-alkyl or cyclic N) is 1. The van der Waals surface area contributed by atoms with Gasteiger partial charge < -0.3 is 19.5 Å². The van der Waals surface area contributed by atoms with Crippen molar-refractivity contribution < 1.29 is 19.4 Å². The van der Waals surface area contributed by atoms with Crippen LogP contribution < -0.4 is 4.74 Å². The summed E-state index contributed by atoms with van der Waals surface area (Å²) in [5.41, 5.74) is 0.676. The van der Waals surface area contributed by atoms with Crippen LogP contribution in [0.1, 0.15) is 11.7 Å². The Morgan fingerprint density at radius 3 is 2.94 bits per heavy atom. The zero-order valence-electron chi connectivity index (χ0n) is 9.63. The number of hydrogen-bond donors (Lipinski definition) is 1. The maximum absolute atomic E-state index is 11.3. The summed E-state index contributed by atoms with van der Waals surface area (Å²) >= 11 is 0. The van der Waals surface area contributed by atoms with Gasteiger partial charge in [-0.25, -0.2) is 4.79 Å². The van der Waals surface area contributed by atoms with Gasteiger partial charge in [-0.2, -0.15) is 0 Å². The summed E-state index contributed by atoms with van der Waals surface area (Å²) in [6.45, 7) is 1.13. The van der Waals surface area contributed by atoms with Gasteiger partial charge in [-0.3, -0.25) is 0 Å². The molecule has 0 aromatic heterocycles. The number of amides is 1. The predicted octanol–water partition coefficient (Wildman–Crippen LogP) is 1.18. The fourth-order valence-electron chi connectivity index (χ4n) is 1.84. The molecular weight excluding hydrogens is 222 g/mol. The van der Waals surface area contributed by atoms with Crippen LogP contribution in [0.25, 0.3) is 0 Å². The smallest absolute Gasteiger partial charge is 0.410 e. The molecule has 2 rings (SSSR count). The first kappa shape index (κ1) is 11.7. The van der Waals surface area contributed by atoms with Crippen LogP contribution in [0.5, 0.6) is 5.75 Å². The molecule has 0 aliphatic carbocycles. The van der Waals surface area contributed by atoms with E-state index in [4.69, 9.17) is 9.47 Å². The fraction of sp³-hybridized carbons (Fsp3) is 0.417. The van der Waals surface area contributed by atoms with E-state index >= 15 is 0 Å². The number of nitrogens with zero attached hydrogens (tertiary/aromatic N) is 1. The van der Waals surface area contributed by atoms with E-state index in [1.54, 1.807) is 19.2 Å². The number of cyclic esters (lactones) is 1. The third-order valence-electron chi connectivity index (χ3n) is 2.74. The SMILES string of the molecule is COc1ccccc1C(O)CN1CCOC1=O. The molecule has 1 aliphatic rings. The highest BCUT2D eigenvalue weighted by molar-refractivity contribution is 5.69. The minimum atomic E-state index is -0.767. The Balaban J connectivity index is 2.08. The zero-order chi connectivity index (χ0) is 12.3. The molecule has 5 heteroatoms. The summed E-state index contributed by atoms with van der Waals surface area (Å²) in [6.07, 6.45) is -1.14. The maximum Gasteiger partial charge on any atom is 0.410 e. The van der Waals surface area contributed by atoms with Gasteiger partial charge in [0.25, 0.3) is 0 Å². The normalized spacial score (nSPS) is 16.8. The summed E-state index contributed by atoms with van der Waals surface area (Å²) in [4.78, 5) is 12.7. The number of carbonyl (C=O) groups is 1. The Bertz CT molecular complexity index is 407. The van der Waals surface area contributed by atoms with Gasteiger partial charge in [-0.05, 0) is 6.07 Å². The topological polar surface area (TPSA) is 59.0 Å². The van der Waals surface area contributed by atoms with Crippen molar-refractivity contribution >= 4 is 6.09 Å². The van der Waals surface area contributed by atoms with Crippen LogP contribution in [-0.2, 0) is 4.74 Å². The number of carbonyl (C=O) groups excluding carboxylic acids is 1. The average Bonchev–Trinajstić information content (AvgIpc) is 2.75. The number of benzene rings is 1. The van der Waals surface area contributed by atoms with Crippen molar-refractivity contribution in [3.63, 3.8) is 0 Å². The van der Waals surface area contributed by atoms with Gasteiger partial charge in [-0.1, -0.05) is 18.2 Å². The molecule has 0 radical (unpaired) electrons. The van der Waals surface area contributed by atoms with Crippen LogP contribution in [0.2, 0.25) is 0 Å². The monoisotopic (exact) mass is 237 g/mol. The van der Waals surface area contributed by atoms with Crippen LogP contribution in [0.3, 0.4) is 0 Å². The van der Waals surface area contributed by atoms with E-state index in [1.165, 1.54) is 4.90 Å². The number of aliphatic hydroxyl groups excluding tert-OH is 1. The van der Waals surface area contributed by atoms with Crippen LogP contribution in [0, 0.1) is 0 Å². The van der Waals surface area contributed by atoms with Gasteiger partial charge in [0, 0.05) is 5.56 Å². The fourth-order valence-corrected chi connectivity index (χ4v) is 1.84. The average molecular weight is 237 g/mol. The van der Waals surface area contributed by atoms with E-state index in [1.807, 2.05) is 12.1 Å². The molecular formula is C12H15NO4. The second-order valence-electron chi connectivity index (χ2n) is 3.82. The summed E-state index contributed by atoms with van der Waals surface area (Å²) in [5.74, 6) is 0.618. The molecule has 17 heavy (non-hydrogen) atoms. The highest BCUT2D eigenvalue weighted by Crippen LogP contribution is 2.25.